The molecule has 2 aromatic heterocycles. The predicted octanol–water partition coefficient (Wildman–Crippen LogP) is 3.68. The highest BCUT2D eigenvalue weighted by Gasteiger charge is 2.15. The van der Waals surface area contributed by atoms with Crippen LogP contribution in [0.2, 0.25) is 10.0 Å². The number of thiazole rings is 1. The van der Waals surface area contributed by atoms with Crippen molar-refractivity contribution in [2.45, 2.75) is 0 Å². The normalized spacial score (nSPS) is 12.0. The molecule has 0 fully saturated rings. The number of benzene rings is 2. The largest absolute Gasteiger partial charge is 0.496 e. The molecule has 0 atom stereocenters. The average Bonchev–Trinajstić information content (AvgIpc) is 3.17. The molecule has 8 heteroatoms. The zero-order valence-corrected chi connectivity index (χ0v) is 15.8. The van der Waals surface area contributed by atoms with Crippen LogP contribution in [0.3, 0.4) is 0 Å². The van der Waals surface area contributed by atoms with Crippen molar-refractivity contribution in [2.24, 2.45) is 0 Å². The van der Waals surface area contributed by atoms with Gasteiger partial charge in [0.2, 0.25) is 4.96 Å². The van der Waals surface area contributed by atoms with Crippen LogP contribution >= 0.6 is 34.5 Å². The summed E-state index contributed by atoms with van der Waals surface area (Å²) in [7, 11) is 1.58. The first-order valence-electron chi connectivity index (χ1n) is 7.56. The Hall–Kier alpha value is -2.41. The van der Waals surface area contributed by atoms with Gasteiger partial charge in [0, 0.05) is 10.0 Å². The van der Waals surface area contributed by atoms with Crippen molar-refractivity contribution in [1.29, 1.82) is 0 Å². The summed E-state index contributed by atoms with van der Waals surface area (Å²) in [6.07, 6.45) is 1.71. The first-order chi connectivity index (χ1) is 12.6. The molecule has 2 heterocycles. The summed E-state index contributed by atoms with van der Waals surface area (Å²) in [6, 6.07) is 12.5. The molecule has 26 heavy (non-hydrogen) atoms. The van der Waals surface area contributed by atoms with Gasteiger partial charge in [-0.2, -0.15) is 9.50 Å². The summed E-state index contributed by atoms with van der Waals surface area (Å²) in [6.45, 7) is 0. The van der Waals surface area contributed by atoms with Crippen molar-refractivity contribution >= 4 is 45.6 Å². The van der Waals surface area contributed by atoms with Crippen LogP contribution in [0.1, 0.15) is 5.56 Å². The molecule has 0 spiro atoms. The maximum absolute atomic E-state index is 12.6. The average molecular weight is 404 g/mol. The van der Waals surface area contributed by atoms with Crippen LogP contribution in [-0.4, -0.2) is 21.7 Å². The smallest absolute Gasteiger partial charge is 0.291 e. The topological polar surface area (TPSA) is 56.5 Å². The molecule has 4 aromatic rings. The molecule has 0 radical (unpaired) electrons. The van der Waals surface area contributed by atoms with Crippen LogP contribution in [0, 0.1) is 0 Å². The zero-order valence-electron chi connectivity index (χ0n) is 13.4. The summed E-state index contributed by atoms with van der Waals surface area (Å²) < 4.78 is 7.12. The molecule has 0 saturated heterocycles. The second-order valence-corrected chi connectivity index (χ2v) is 7.26. The highest BCUT2D eigenvalue weighted by molar-refractivity contribution is 7.15. The van der Waals surface area contributed by atoms with Crippen molar-refractivity contribution in [3.05, 3.63) is 73.0 Å². The van der Waals surface area contributed by atoms with Crippen molar-refractivity contribution in [3.8, 4) is 17.1 Å². The third kappa shape index (κ3) is 2.96. The van der Waals surface area contributed by atoms with Crippen LogP contribution in [-0.2, 0) is 0 Å². The van der Waals surface area contributed by atoms with E-state index in [-0.39, 0.29) is 5.56 Å². The molecule has 130 valence electrons. The van der Waals surface area contributed by atoms with Gasteiger partial charge in [0.25, 0.3) is 5.56 Å². The van der Waals surface area contributed by atoms with E-state index in [2.05, 4.69) is 10.1 Å². The standard InChI is InChI=1S/C18H11Cl2N3O2S/c1-25-14-5-3-2-4-12(14)16-21-18-23(22-16)17(24)15(26-18)8-10-6-7-11(19)9-13(10)20/h2-9H,1H3. The van der Waals surface area contributed by atoms with Crippen LogP contribution in [0.25, 0.3) is 22.4 Å². The fourth-order valence-corrected chi connectivity index (χ4v) is 3.90. The van der Waals surface area contributed by atoms with Crippen molar-refractivity contribution in [3.63, 3.8) is 0 Å². The van der Waals surface area contributed by atoms with E-state index >= 15 is 0 Å². The minimum absolute atomic E-state index is 0.246. The zero-order chi connectivity index (χ0) is 18.3. The minimum atomic E-state index is -0.246. The highest BCUT2D eigenvalue weighted by Crippen LogP contribution is 2.27. The van der Waals surface area contributed by atoms with Gasteiger partial charge in [-0.05, 0) is 35.9 Å². The number of aromatic nitrogens is 3. The highest BCUT2D eigenvalue weighted by atomic mass is 35.5. The lowest BCUT2D eigenvalue weighted by atomic mass is 10.2. The second kappa shape index (κ2) is 6.72. The first kappa shape index (κ1) is 17.0. The lowest BCUT2D eigenvalue weighted by Crippen LogP contribution is -2.23. The number of rotatable bonds is 3. The Kier molecular flexibility index (Phi) is 4.40. The molecule has 0 saturated carbocycles. The molecule has 0 amide bonds. The molecule has 2 aromatic carbocycles. The van der Waals surface area contributed by atoms with Gasteiger partial charge in [-0.15, -0.1) is 5.10 Å². The maximum Gasteiger partial charge on any atom is 0.291 e. The Balaban J connectivity index is 1.84. The summed E-state index contributed by atoms with van der Waals surface area (Å²) in [5, 5.41) is 5.36. The Bertz CT molecular complexity index is 1230. The Morgan fingerprint density at radius 2 is 2.00 bits per heavy atom. The van der Waals surface area contributed by atoms with E-state index in [0.29, 0.717) is 36.7 Å². The van der Waals surface area contributed by atoms with Crippen LogP contribution in [0.4, 0.5) is 0 Å². The summed E-state index contributed by atoms with van der Waals surface area (Å²) in [5.41, 5.74) is 1.20. The maximum atomic E-state index is 12.6. The number of para-hydroxylation sites is 1. The predicted molar refractivity (Wildman–Crippen MR) is 104 cm³/mol. The Morgan fingerprint density at radius 3 is 2.73 bits per heavy atom. The lowest BCUT2D eigenvalue weighted by molar-refractivity contribution is 0.416. The first-order valence-corrected chi connectivity index (χ1v) is 9.14. The summed E-state index contributed by atoms with van der Waals surface area (Å²) >= 11 is 13.3. The number of halogens is 2. The fourth-order valence-electron chi connectivity index (χ4n) is 2.54. The van der Waals surface area contributed by atoms with Gasteiger partial charge in [0.15, 0.2) is 5.82 Å². The van der Waals surface area contributed by atoms with E-state index in [0.717, 1.165) is 5.56 Å². The van der Waals surface area contributed by atoms with Gasteiger partial charge in [-0.1, -0.05) is 52.7 Å². The Labute approximate surface area is 162 Å². The van der Waals surface area contributed by atoms with E-state index in [1.165, 1.54) is 15.9 Å². The molecule has 0 aliphatic carbocycles. The van der Waals surface area contributed by atoms with E-state index in [1.54, 1.807) is 31.4 Å². The lowest BCUT2D eigenvalue weighted by Gasteiger charge is -2.03. The van der Waals surface area contributed by atoms with Crippen molar-refractivity contribution in [2.75, 3.05) is 7.11 Å². The number of fused-ring (bicyclic) bond motifs is 1. The van der Waals surface area contributed by atoms with Gasteiger partial charge in [-0.3, -0.25) is 4.79 Å². The van der Waals surface area contributed by atoms with Gasteiger partial charge < -0.3 is 4.74 Å². The van der Waals surface area contributed by atoms with Crippen molar-refractivity contribution in [1.82, 2.24) is 14.6 Å². The molecular weight excluding hydrogens is 393 g/mol. The molecule has 0 unspecified atom stereocenters. The summed E-state index contributed by atoms with van der Waals surface area (Å²) in [5.74, 6) is 1.10. The van der Waals surface area contributed by atoms with Gasteiger partial charge in [-0.25, -0.2) is 0 Å². The van der Waals surface area contributed by atoms with E-state index in [4.69, 9.17) is 27.9 Å². The van der Waals surface area contributed by atoms with Gasteiger partial charge >= 0.3 is 0 Å². The number of hydrogen-bond acceptors (Lipinski definition) is 5. The van der Waals surface area contributed by atoms with E-state index in [1.807, 2.05) is 24.3 Å². The number of hydrogen-bond donors (Lipinski definition) is 0. The van der Waals surface area contributed by atoms with Crippen molar-refractivity contribution < 1.29 is 4.74 Å². The number of ether oxygens (including phenoxy) is 1. The van der Waals surface area contributed by atoms with E-state index < -0.39 is 0 Å². The van der Waals surface area contributed by atoms with Gasteiger partial charge in [0.05, 0.1) is 17.2 Å². The molecule has 0 N–H and O–H groups in total. The monoisotopic (exact) mass is 403 g/mol. The Morgan fingerprint density at radius 1 is 1.19 bits per heavy atom. The second-order valence-electron chi connectivity index (χ2n) is 5.41. The fraction of sp³-hybridized carbons (Fsp3) is 0.0556. The van der Waals surface area contributed by atoms with Crippen LogP contribution < -0.4 is 14.8 Å². The summed E-state index contributed by atoms with van der Waals surface area (Å²) in [4.78, 5) is 17.6. The molecule has 0 aliphatic heterocycles. The molecule has 4 rings (SSSR count). The molecular formula is C18H11Cl2N3O2S. The third-order valence-electron chi connectivity index (χ3n) is 3.78. The van der Waals surface area contributed by atoms with Gasteiger partial charge in [0.1, 0.15) is 5.75 Å². The number of methoxy groups -OCH3 is 1. The van der Waals surface area contributed by atoms with Crippen LogP contribution in [0.5, 0.6) is 5.75 Å². The van der Waals surface area contributed by atoms with Crippen LogP contribution in [0.15, 0.2) is 47.3 Å². The van der Waals surface area contributed by atoms with E-state index in [9.17, 15) is 4.79 Å². The third-order valence-corrected chi connectivity index (χ3v) is 5.30. The molecule has 0 bridgehead atoms. The molecule has 5 nitrogen and oxygen atoms in total. The minimum Gasteiger partial charge on any atom is -0.496 e. The number of nitrogens with zero attached hydrogens (tertiary/aromatic N) is 3. The molecule has 0 aliphatic rings. The quantitative estimate of drug-likeness (QED) is 0.523. The SMILES string of the molecule is COc1ccccc1-c1nc2sc(=Cc3ccc(Cl)cc3Cl)c(=O)n2n1.